The molecule has 0 aliphatic heterocycles. The zero-order valence-electron chi connectivity index (χ0n) is 11.4. The van der Waals surface area contributed by atoms with E-state index in [-0.39, 0.29) is 17.1 Å². The van der Waals surface area contributed by atoms with E-state index in [1.54, 1.807) is 12.4 Å². The van der Waals surface area contributed by atoms with Crippen molar-refractivity contribution in [1.29, 1.82) is 0 Å². The third-order valence-electron chi connectivity index (χ3n) is 3.16. The van der Waals surface area contributed by atoms with Crippen LogP contribution in [0.25, 0.3) is 11.0 Å². The smallest absolute Gasteiger partial charge is 0.363 e. The summed E-state index contributed by atoms with van der Waals surface area (Å²) in [5, 5.41) is 3.32. The summed E-state index contributed by atoms with van der Waals surface area (Å²) in [5.74, 6) is 0.313. The van der Waals surface area contributed by atoms with Gasteiger partial charge in [-0.1, -0.05) is 0 Å². The molecule has 0 amide bonds. The molecule has 0 unspecified atom stereocenters. The van der Waals surface area contributed by atoms with Gasteiger partial charge < -0.3 is 10.3 Å². The summed E-state index contributed by atoms with van der Waals surface area (Å²) in [6.45, 7) is 1.84. The van der Waals surface area contributed by atoms with Gasteiger partial charge in [-0.3, -0.25) is 0 Å². The standard InChI is InChI=1S/C13H11F3N6/c1-7(8-3-17-5-18-4-8)21-11-9-2-10(13(14,15)16)22-12(9)20-6-19-11/h2-7H,1H3,(H2,19,20,21,22)/t7-/m0/s1. The molecule has 0 aliphatic rings. The Labute approximate surface area is 122 Å². The van der Waals surface area contributed by atoms with Gasteiger partial charge in [0.15, 0.2) is 0 Å². The van der Waals surface area contributed by atoms with Crippen LogP contribution in [0.3, 0.4) is 0 Å². The van der Waals surface area contributed by atoms with Crippen molar-refractivity contribution >= 4 is 16.9 Å². The van der Waals surface area contributed by atoms with Crippen molar-refractivity contribution < 1.29 is 13.2 Å². The molecule has 22 heavy (non-hydrogen) atoms. The van der Waals surface area contributed by atoms with Crippen LogP contribution in [0.15, 0.2) is 31.1 Å². The second-order valence-electron chi connectivity index (χ2n) is 4.70. The van der Waals surface area contributed by atoms with E-state index in [0.29, 0.717) is 5.82 Å². The summed E-state index contributed by atoms with van der Waals surface area (Å²) in [7, 11) is 0. The SMILES string of the molecule is C[C@H](Nc1ncnc2[nH]c(C(F)(F)F)cc12)c1cncnc1. The van der Waals surface area contributed by atoms with Crippen LogP contribution in [0.2, 0.25) is 0 Å². The lowest BCUT2D eigenvalue weighted by atomic mass is 10.2. The number of alkyl halides is 3. The minimum Gasteiger partial charge on any atom is -0.363 e. The van der Waals surface area contributed by atoms with Crippen molar-refractivity contribution in [3.8, 4) is 0 Å². The van der Waals surface area contributed by atoms with Crippen LogP contribution in [0.4, 0.5) is 19.0 Å². The third-order valence-corrected chi connectivity index (χ3v) is 3.16. The lowest BCUT2D eigenvalue weighted by Crippen LogP contribution is -2.09. The maximum atomic E-state index is 12.8. The number of nitrogens with zero attached hydrogens (tertiary/aromatic N) is 4. The zero-order chi connectivity index (χ0) is 15.7. The van der Waals surface area contributed by atoms with Gasteiger partial charge in [-0.25, -0.2) is 19.9 Å². The minimum absolute atomic E-state index is 0.126. The molecule has 0 radical (unpaired) electrons. The molecule has 0 aliphatic carbocycles. The molecule has 9 heteroatoms. The summed E-state index contributed by atoms with van der Waals surface area (Å²) in [6, 6.07) is 0.773. The van der Waals surface area contributed by atoms with Crippen LogP contribution >= 0.6 is 0 Å². The number of hydrogen-bond acceptors (Lipinski definition) is 5. The molecule has 0 fully saturated rings. The molecular formula is C13H11F3N6. The van der Waals surface area contributed by atoms with E-state index in [9.17, 15) is 13.2 Å². The van der Waals surface area contributed by atoms with Gasteiger partial charge in [-0.15, -0.1) is 0 Å². The predicted molar refractivity (Wildman–Crippen MR) is 73.0 cm³/mol. The summed E-state index contributed by atoms with van der Waals surface area (Å²) < 4.78 is 38.3. The first-order chi connectivity index (χ1) is 10.4. The highest BCUT2D eigenvalue weighted by atomic mass is 19.4. The van der Waals surface area contributed by atoms with Crippen molar-refractivity contribution in [2.24, 2.45) is 0 Å². The Kier molecular flexibility index (Phi) is 3.39. The number of anilines is 1. The summed E-state index contributed by atoms with van der Waals surface area (Å²) in [4.78, 5) is 17.9. The Hall–Kier alpha value is -2.71. The van der Waals surface area contributed by atoms with Crippen molar-refractivity contribution in [1.82, 2.24) is 24.9 Å². The maximum absolute atomic E-state index is 12.8. The van der Waals surface area contributed by atoms with Gasteiger partial charge in [-0.2, -0.15) is 13.2 Å². The molecule has 0 bridgehead atoms. The van der Waals surface area contributed by atoms with Gasteiger partial charge in [-0.05, 0) is 13.0 Å². The molecule has 0 saturated heterocycles. The van der Waals surface area contributed by atoms with Crippen LogP contribution in [-0.2, 0) is 6.18 Å². The Bertz CT molecular complexity index is 783. The molecule has 2 N–H and O–H groups in total. The number of rotatable bonds is 3. The first kappa shape index (κ1) is 14.2. The summed E-state index contributed by atoms with van der Waals surface area (Å²) in [6.07, 6.45) is 1.40. The molecule has 3 aromatic rings. The third kappa shape index (κ3) is 2.69. The van der Waals surface area contributed by atoms with Crippen LogP contribution in [-0.4, -0.2) is 24.9 Å². The second kappa shape index (κ2) is 5.24. The largest absolute Gasteiger partial charge is 0.431 e. The molecular weight excluding hydrogens is 297 g/mol. The molecule has 0 aromatic carbocycles. The fraction of sp³-hybridized carbons (Fsp3) is 0.231. The highest BCUT2D eigenvalue weighted by molar-refractivity contribution is 5.87. The lowest BCUT2D eigenvalue weighted by molar-refractivity contribution is -0.140. The number of hydrogen-bond donors (Lipinski definition) is 2. The van der Waals surface area contributed by atoms with E-state index in [1.165, 1.54) is 12.7 Å². The van der Waals surface area contributed by atoms with Crippen LogP contribution in [0, 0.1) is 0 Å². The van der Waals surface area contributed by atoms with Crippen molar-refractivity contribution in [3.05, 3.63) is 42.4 Å². The van der Waals surface area contributed by atoms with Gasteiger partial charge in [0.05, 0.1) is 11.4 Å². The molecule has 6 nitrogen and oxygen atoms in total. The Morgan fingerprint density at radius 1 is 1.14 bits per heavy atom. The fourth-order valence-corrected chi connectivity index (χ4v) is 2.03. The Morgan fingerprint density at radius 2 is 1.86 bits per heavy atom. The van der Waals surface area contributed by atoms with E-state index >= 15 is 0 Å². The van der Waals surface area contributed by atoms with E-state index < -0.39 is 11.9 Å². The average molecular weight is 308 g/mol. The normalized spacial score (nSPS) is 13.3. The molecule has 3 aromatic heterocycles. The number of H-pyrrole nitrogens is 1. The second-order valence-corrected chi connectivity index (χ2v) is 4.70. The topological polar surface area (TPSA) is 79.4 Å². The minimum atomic E-state index is -4.46. The number of halogens is 3. The monoisotopic (exact) mass is 308 g/mol. The first-order valence-corrected chi connectivity index (χ1v) is 6.37. The predicted octanol–water partition coefficient (Wildman–Crippen LogP) is 2.94. The Morgan fingerprint density at radius 3 is 2.55 bits per heavy atom. The average Bonchev–Trinajstić information content (AvgIpc) is 2.93. The Balaban J connectivity index is 1.96. The van der Waals surface area contributed by atoms with Gasteiger partial charge in [0.25, 0.3) is 0 Å². The lowest BCUT2D eigenvalue weighted by Gasteiger charge is -2.14. The maximum Gasteiger partial charge on any atom is 0.431 e. The quantitative estimate of drug-likeness (QED) is 0.777. The van der Waals surface area contributed by atoms with Gasteiger partial charge in [0.2, 0.25) is 0 Å². The first-order valence-electron chi connectivity index (χ1n) is 6.37. The van der Waals surface area contributed by atoms with Gasteiger partial charge in [0.1, 0.15) is 29.8 Å². The van der Waals surface area contributed by atoms with E-state index in [1.807, 2.05) is 6.92 Å². The zero-order valence-corrected chi connectivity index (χ0v) is 11.4. The molecule has 1 atom stereocenters. The van der Waals surface area contributed by atoms with Crippen LogP contribution in [0.1, 0.15) is 24.2 Å². The van der Waals surface area contributed by atoms with Crippen molar-refractivity contribution in [2.75, 3.05) is 5.32 Å². The summed E-state index contributed by atoms with van der Waals surface area (Å²) in [5.41, 5.74) is 0.0592. The fourth-order valence-electron chi connectivity index (χ4n) is 2.03. The van der Waals surface area contributed by atoms with E-state index in [0.717, 1.165) is 11.6 Å². The highest BCUT2D eigenvalue weighted by Gasteiger charge is 2.33. The van der Waals surface area contributed by atoms with Gasteiger partial charge in [0, 0.05) is 18.0 Å². The number of aromatic amines is 1. The highest BCUT2D eigenvalue weighted by Crippen LogP contribution is 2.32. The number of aromatic nitrogens is 5. The molecule has 3 heterocycles. The van der Waals surface area contributed by atoms with E-state index in [2.05, 4.69) is 30.2 Å². The van der Waals surface area contributed by atoms with Crippen LogP contribution in [0.5, 0.6) is 0 Å². The number of fused-ring (bicyclic) bond motifs is 1. The van der Waals surface area contributed by atoms with Gasteiger partial charge >= 0.3 is 6.18 Å². The molecule has 0 saturated carbocycles. The van der Waals surface area contributed by atoms with Crippen molar-refractivity contribution in [3.63, 3.8) is 0 Å². The molecule has 0 spiro atoms. The molecule has 114 valence electrons. The number of nitrogens with one attached hydrogen (secondary N) is 2. The van der Waals surface area contributed by atoms with Crippen LogP contribution < -0.4 is 5.32 Å². The molecule has 3 rings (SSSR count). The summed E-state index contributed by atoms with van der Waals surface area (Å²) >= 11 is 0. The van der Waals surface area contributed by atoms with E-state index in [4.69, 9.17) is 0 Å². The van der Waals surface area contributed by atoms with Crippen molar-refractivity contribution in [2.45, 2.75) is 19.1 Å².